The lowest BCUT2D eigenvalue weighted by Gasteiger charge is -2.33. The van der Waals surface area contributed by atoms with Crippen molar-refractivity contribution in [3.8, 4) is 5.75 Å². The molecular weight excluding hydrogens is 346 g/mol. The van der Waals surface area contributed by atoms with Gasteiger partial charge in [-0.25, -0.2) is 4.79 Å². The van der Waals surface area contributed by atoms with Crippen molar-refractivity contribution in [1.29, 1.82) is 0 Å². The monoisotopic (exact) mass is 369 g/mol. The molecule has 0 spiro atoms. The number of rotatable bonds is 3. The van der Waals surface area contributed by atoms with Crippen LogP contribution in [0.2, 0.25) is 0 Å². The van der Waals surface area contributed by atoms with Crippen LogP contribution in [0.1, 0.15) is 45.9 Å². The van der Waals surface area contributed by atoms with Crippen LogP contribution in [-0.4, -0.2) is 50.9 Å². The Bertz CT molecular complexity index is 866. The Morgan fingerprint density at radius 2 is 1.89 bits per heavy atom. The first-order valence-electron chi connectivity index (χ1n) is 9.25. The van der Waals surface area contributed by atoms with Crippen LogP contribution in [0.5, 0.6) is 5.75 Å². The van der Waals surface area contributed by atoms with Crippen molar-refractivity contribution in [2.75, 3.05) is 13.1 Å². The lowest BCUT2D eigenvalue weighted by atomic mass is 10.0. The van der Waals surface area contributed by atoms with Crippen LogP contribution in [0.3, 0.4) is 0 Å². The van der Waals surface area contributed by atoms with E-state index in [2.05, 4.69) is 18.1 Å². The Morgan fingerprint density at radius 1 is 1.19 bits per heavy atom. The van der Waals surface area contributed by atoms with Crippen LogP contribution in [-0.2, 0) is 11.2 Å². The fourth-order valence-corrected chi connectivity index (χ4v) is 3.85. The van der Waals surface area contributed by atoms with Gasteiger partial charge in [-0.15, -0.1) is 0 Å². The van der Waals surface area contributed by atoms with Crippen LogP contribution < -0.4 is 4.74 Å². The molecule has 7 heteroatoms. The van der Waals surface area contributed by atoms with Gasteiger partial charge in [0.1, 0.15) is 5.75 Å². The largest absolute Gasteiger partial charge is 0.480 e. The lowest BCUT2D eigenvalue weighted by molar-refractivity contribution is -0.139. The summed E-state index contributed by atoms with van der Waals surface area (Å²) in [7, 11) is 0. The van der Waals surface area contributed by atoms with Gasteiger partial charge in [-0.05, 0) is 49.4 Å². The first kappa shape index (κ1) is 17.6. The summed E-state index contributed by atoms with van der Waals surface area (Å²) in [6.07, 6.45) is 4.62. The normalized spacial score (nSPS) is 19.6. The molecular formula is C20H23N3O4. The van der Waals surface area contributed by atoms with Gasteiger partial charge in [0, 0.05) is 25.7 Å². The second-order valence-corrected chi connectivity index (χ2v) is 7.43. The van der Waals surface area contributed by atoms with Crippen molar-refractivity contribution >= 4 is 11.9 Å². The molecule has 1 saturated heterocycles. The first-order chi connectivity index (χ1) is 12.9. The third-order valence-electron chi connectivity index (χ3n) is 5.63. The zero-order valence-electron chi connectivity index (χ0n) is 15.5. The molecule has 7 nitrogen and oxygen atoms in total. The van der Waals surface area contributed by atoms with E-state index in [4.69, 9.17) is 9.84 Å². The standard InChI is InChI=1S/C20H23N3O4/c1-12-7-14-9-18(27-17(14)8-13(12)2)19(24)22-5-3-16(4-6-22)23-11-15(10-21-23)20(25)26/h7-8,10-11,16,18H,3-6,9H2,1-2H3,(H,25,26). The fourth-order valence-electron chi connectivity index (χ4n) is 3.85. The Kier molecular flexibility index (Phi) is 4.37. The number of carboxylic acids is 1. The van der Waals surface area contributed by atoms with E-state index in [0.717, 1.165) is 24.2 Å². The number of carboxylic acid groups (broad SMARTS) is 1. The number of benzene rings is 1. The molecule has 1 fully saturated rings. The third kappa shape index (κ3) is 3.29. The SMILES string of the molecule is Cc1cc2c(cc1C)OC(C(=O)N1CCC(n3cc(C(=O)O)cn3)CC1)C2. The van der Waals surface area contributed by atoms with Gasteiger partial charge < -0.3 is 14.7 Å². The maximum atomic E-state index is 12.9. The van der Waals surface area contributed by atoms with Crippen LogP contribution in [0.25, 0.3) is 0 Å². The number of likely N-dealkylation sites (tertiary alicyclic amines) is 1. The average molecular weight is 369 g/mol. The molecule has 0 bridgehead atoms. The molecule has 0 saturated carbocycles. The molecule has 142 valence electrons. The van der Waals surface area contributed by atoms with Crippen molar-refractivity contribution < 1.29 is 19.4 Å². The number of aromatic carboxylic acids is 1. The van der Waals surface area contributed by atoms with E-state index in [1.807, 2.05) is 17.9 Å². The molecule has 1 aromatic heterocycles. The van der Waals surface area contributed by atoms with Crippen LogP contribution >= 0.6 is 0 Å². The Labute approximate surface area is 157 Å². The molecule has 2 aliphatic rings. The highest BCUT2D eigenvalue weighted by Gasteiger charge is 2.34. The molecule has 2 aromatic rings. The van der Waals surface area contributed by atoms with Crippen molar-refractivity contribution in [2.45, 2.75) is 45.3 Å². The van der Waals surface area contributed by atoms with Crippen LogP contribution in [0.15, 0.2) is 24.5 Å². The summed E-state index contributed by atoms with van der Waals surface area (Å²) in [5.41, 5.74) is 3.68. The molecule has 0 radical (unpaired) electrons. The maximum Gasteiger partial charge on any atom is 0.338 e. The number of amides is 1. The molecule has 0 aliphatic carbocycles. The second kappa shape index (κ2) is 6.72. The van der Waals surface area contributed by atoms with Crippen molar-refractivity contribution in [3.63, 3.8) is 0 Å². The number of aryl methyl sites for hydroxylation is 2. The number of hydrogen-bond acceptors (Lipinski definition) is 4. The summed E-state index contributed by atoms with van der Waals surface area (Å²) in [5, 5.41) is 13.2. The molecule has 4 rings (SSSR count). The van der Waals surface area contributed by atoms with Gasteiger partial charge in [0.2, 0.25) is 0 Å². The molecule has 1 atom stereocenters. The molecule has 1 N–H and O–H groups in total. The lowest BCUT2D eigenvalue weighted by Crippen LogP contribution is -2.45. The summed E-state index contributed by atoms with van der Waals surface area (Å²) >= 11 is 0. The Hall–Kier alpha value is -2.83. The summed E-state index contributed by atoms with van der Waals surface area (Å²) in [5.74, 6) is -0.118. The molecule has 1 amide bonds. The van der Waals surface area contributed by atoms with Crippen molar-refractivity contribution in [1.82, 2.24) is 14.7 Å². The van der Waals surface area contributed by atoms with E-state index >= 15 is 0 Å². The predicted molar refractivity (Wildman–Crippen MR) is 98.1 cm³/mol. The minimum Gasteiger partial charge on any atom is -0.480 e. The number of piperidine rings is 1. The zero-order chi connectivity index (χ0) is 19.1. The smallest absolute Gasteiger partial charge is 0.338 e. The third-order valence-corrected chi connectivity index (χ3v) is 5.63. The maximum absolute atomic E-state index is 12.9. The Morgan fingerprint density at radius 3 is 2.56 bits per heavy atom. The van der Waals surface area contributed by atoms with E-state index in [1.54, 1.807) is 10.9 Å². The van der Waals surface area contributed by atoms with Gasteiger partial charge in [-0.1, -0.05) is 6.07 Å². The summed E-state index contributed by atoms with van der Waals surface area (Å²) in [4.78, 5) is 25.7. The number of ether oxygens (including phenoxy) is 1. The second-order valence-electron chi connectivity index (χ2n) is 7.43. The van der Waals surface area contributed by atoms with Crippen LogP contribution in [0, 0.1) is 13.8 Å². The number of nitrogens with zero attached hydrogens (tertiary/aromatic N) is 3. The molecule has 27 heavy (non-hydrogen) atoms. The minimum absolute atomic E-state index is 0.0339. The number of aromatic nitrogens is 2. The van der Waals surface area contributed by atoms with E-state index in [1.165, 1.54) is 17.3 Å². The summed E-state index contributed by atoms with van der Waals surface area (Å²) in [6.45, 7) is 5.37. The molecule has 3 heterocycles. The fraction of sp³-hybridized carbons (Fsp3) is 0.450. The van der Waals surface area contributed by atoms with Gasteiger partial charge in [-0.2, -0.15) is 5.10 Å². The number of hydrogen-bond donors (Lipinski definition) is 1. The van der Waals surface area contributed by atoms with Gasteiger partial charge in [0.15, 0.2) is 6.10 Å². The topological polar surface area (TPSA) is 84.7 Å². The predicted octanol–water partition coefficient (Wildman–Crippen LogP) is 2.37. The van der Waals surface area contributed by atoms with E-state index in [-0.39, 0.29) is 17.5 Å². The highest BCUT2D eigenvalue weighted by atomic mass is 16.5. The zero-order valence-corrected chi connectivity index (χ0v) is 15.5. The Balaban J connectivity index is 1.37. The molecule has 2 aliphatic heterocycles. The molecule has 1 aromatic carbocycles. The molecule has 1 unspecified atom stereocenters. The quantitative estimate of drug-likeness (QED) is 0.898. The average Bonchev–Trinajstić information content (AvgIpc) is 3.29. The van der Waals surface area contributed by atoms with E-state index in [9.17, 15) is 9.59 Å². The van der Waals surface area contributed by atoms with Crippen LogP contribution in [0.4, 0.5) is 0 Å². The van der Waals surface area contributed by atoms with Gasteiger partial charge in [0.25, 0.3) is 5.91 Å². The first-order valence-corrected chi connectivity index (χ1v) is 9.25. The van der Waals surface area contributed by atoms with Gasteiger partial charge in [-0.3, -0.25) is 9.48 Å². The van der Waals surface area contributed by atoms with Gasteiger partial charge >= 0.3 is 5.97 Å². The van der Waals surface area contributed by atoms with E-state index < -0.39 is 12.1 Å². The summed E-state index contributed by atoms with van der Waals surface area (Å²) in [6, 6.07) is 4.25. The van der Waals surface area contributed by atoms with Crippen molar-refractivity contribution in [3.05, 3.63) is 46.8 Å². The number of fused-ring (bicyclic) bond motifs is 1. The minimum atomic E-state index is -0.975. The highest BCUT2D eigenvalue weighted by molar-refractivity contribution is 5.86. The summed E-state index contributed by atoms with van der Waals surface area (Å²) < 4.78 is 7.63. The number of carbonyl (C=O) groups excluding carboxylic acids is 1. The highest BCUT2D eigenvalue weighted by Crippen LogP contribution is 2.33. The van der Waals surface area contributed by atoms with Gasteiger partial charge in [0.05, 0.1) is 17.8 Å². The number of carbonyl (C=O) groups is 2. The van der Waals surface area contributed by atoms with Crippen molar-refractivity contribution in [2.24, 2.45) is 0 Å². The van der Waals surface area contributed by atoms with E-state index in [0.29, 0.717) is 19.5 Å².